The molecule has 1 amide bonds. The van der Waals surface area contributed by atoms with Gasteiger partial charge in [0.05, 0.1) is 0 Å². The molecular formula is C5H11N3O. The Morgan fingerprint density at radius 2 is 2.33 bits per heavy atom. The van der Waals surface area contributed by atoms with Crippen molar-refractivity contribution in [3.8, 4) is 0 Å². The highest BCUT2D eigenvalue weighted by Gasteiger charge is 1.99. The third-order valence-corrected chi connectivity index (χ3v) is 0.779. The highest BCUT2D eigenvalue weighted by molar-refractivity contribution is 5.92. The van der Waals surface area contributed by atoms with Crippen LogP contribution in [0.1, 0.15) is 6.92 Å². The summed E-state index contributed by atoms with van der Waals surface area (Å²) in [6.45, 7) is 2.37. The first kappa shape index (κ1) is 7.81. The standard InChI is InChI=1S/C5H11N3O/c1-2-8-5(9)4(7)3-6/h3H,2,6-7H2,1H3,(H,8,9). The molecule has 0 fully saturated rings. The maximum absolute atomic E-state index is 10.6. The molecule has 9 heavy (non-hydrogen) atoms. The quantitative estimate of drug-likeness (QED) is 0.413. The van der Waals surface area contributed by atoms with E-state index in [1.807, 2.05) is 6.92 Å². The monoisotopic (exact) mass is 129 g/mol. The number of carbonyl (C=O) groups excluding carboxylic acids is 1. The van der Waals surface area contributed by atoms with Gasteiger partial charge in [-0.2, -0.15) is 0 Å². The van der Waals surface area contributed by atoms with E-state index in [0.717, 1.165) is 6.20 Å². The molecule has 0 spiro atoms. The predicted octanol–water partition coefficient (Wildman–Crippen LogP) is -1.12. The van der Waals surface area contributed by atoms with Crippen molar-refractivity contribution in [2.45, 2.75) is 6.92 Å². The van der Waals surface area contributed by atoms with E-state index in [9.17, 15) is 4.79 Å². The molecule has 5 N–H and O–H groups in total. The maximum Gasteiger partial charge on any atom is 0.268 e. The Balaban J connectivity index is 3.74. The molecule has 0 saturated carbocycles. The predicted molar refractivity (Wildman–Crippen MR) is 35.1 cm³/mol. The van der Waals surface area contributed by atoms with Gasteiger partial charge in [-0.25, -0.2) is 0 Å². The van der Waals surface area contributed by atoms with Crippen molar-refractivity contribution in [1.29, 1.82) is 0 Å². The van der Waals surface area contributed by atoms with Crippen molar-refractivity contribution in [2.24, 2.45) is 11.5 Å². The third-order valence-electron chi connectivity index (χ3n) is 0.779. The Morgan fingerprint density at radius 1 is 1.78 bits per heavy atom. The third kappa shape index (κ3) is 2.58. The van der Waals surface area contributed by atoms with Crippen LogP contribution in [0.5, 0.6) is 0 Å². The fraction of sp³-hybridized carbons (Fsp3) is 0.400. The Labute approximate surface area is 53.9 Å². The van der Waals surface area contributed by atoms with E-state index < -0.39 is 0 Å². The molecule has 0 rings (SSSR count). The molecule has 0 saturated heterocycles. The molecule has 4 heteroatoms. The summed E-state index contributed by atoms with van der Waals surface area (Å²) in [4.78, 5) is 10.6. The Kier molecular flexibility index (Phi) is 3.27. The van der Waals surface area contributed by atoms with Gasteiger partial charge in [0.1, 0.15) is 5.70 Å². The van der Waals surface area contributed by atoms with Crippen molar-refractivity contribution in [2.75, 3.05) is 6.54 Å². The second-order valence-electron chi connectivity index (χ2n) is 1.48. The van der Waals surface area contributed by atoms with Crippen LogP contribution in [-0.4, -0.2) is 12.5 Å². The number of nitrogens with one attached hydrogen (secondary N) is 1. The Morgan fingerprint density at radius 3 is 2.67 bits per heavy atom. The lowest BCUT2D eigenvalue weighted by molar-refractivity contribution is -0.117. The summed E-state index contributed by atoms with van der Waals surface area (Å²) in [7, 11) is 0. The van der Waals surface area contributed by atoms with Crippen LogP contribution in [-0.2, 0) is 4.79 Å². The SMILES string of the molecule is CCNC(=O)C(N)=CN. The first-order valence-electron chi connectivity index (χ1n) is 2.68. The van der Waals surface area contributed by atoms with Crippen molar-refractivity contribution >= 4 is 5.91 Å². The zero-order valence-corrected chi connectivity index (χ0v) is 5.35. The lowest BCUT2D eigenvalue weighted by Crippen LogP contribution is -2.28. The normalized spacial score (nSPS) is 11.0. The van der Waals surface area contributed by atoms with E-state index in [1.165, 1.54) is 0 Å². The first-order valence-corrected chi connectivity index (χ1v) is 2.68. The zero-order chi connectivity index (χ0) is 7.28. The molecule has 0 atom stereocenters. The molecule has 0 aromatic rings. The first-order chi connectivity index (χ1) is 4.22. The topological polar surface area (TPSA) is 81.1 Å². The van der Waals surface area contributed by atoms with Crippen LogP contribution in [0.3, 0.4) is 0 Å². The van der Waals surface area contributed by atoms with Gasteiger partial charge in [-0.05, 0) is 6.92 Å². The van der Waals surface area contributed by atoms with Gasteiger partial charge in [0.15, 0.2) is 0 Å². The molecule has 0 aliphatic heterocycles. The largest absolute Gasteiger partial charge is 0.403 e. The molecule has 0 aromatic heterocycles. The van der Waals surface area contributed by atoms with Crippen molar-refractivity contribution in [3.05, 3.63) is 11.9 Å². The molecule has 0 heterocycles. The van der Waals surface area contributed by atoms with Crippen molar-refractivity contribution in [1.82, 2.24) is 5.32 Å². The average Bonchev–Trinajstić information content (AvgIpc) is 1.87. The van der Waals surface area contributed by atoms with Gasteiger partial charge in [-0.15, -0.1) is 0 Å². The number of carbonyl (C=O) groups is 1. The van der Waals surface area contributed by atoms with Crippen LogP contribution in [0, 0.1) is 0 Å². The van der Waals surface area contributed by atoms with E-state index in [0.29, 0.717) is 6.54 Å². The fourth-order valence-corrected chi connectivity index (χ4v) is 0.338. The molecule has 0 unspecified atom stereocenters. The van der Waals surface area contributed by atoms with Gasteiger partial charge in [-0.3, -0.25) is 4.79 Å². The molecule has 0 aliphatic carbocycles. The fourth-order valence-electron chi connectivity index (χ4n) is 0.338. The highest BCUT2D eigenvalue weighted by atomic mass is 16.1. The van der Waals surface area contributed by atoms with Gasteiger partial charge in [0.25, 0.3) is 5.91 Å². The van der Waals surface area contributed by atoms with Crippen molar-refractivity contribution in [3.63, 3.8) is 0 Å². The van der Waals surface area contributed by atoms with Crippen molar-refractivity contribution < 1.29 is 4.79 Å². The number of nitrogens with two attached hydrogens (primary N) is 2. The summed E-state index contributed by atoms with van der Waals surface area (Å²) in [5.41, 5.74) is 10.1. The van der Waals surface area contributed by atoms with Gasteiger partial charge < -0.3 is 16.8 Å². The molecule has 4 nitrogen and oxygen atoms in total. The summed E-state index contributed by atoms with van der Waals surface area (Å²) in [6, 6.07) is 0. The van der Waals surface area contributed by atoms with Crippen LogP contribution >= 0.6 is 0 Å². The minimum atomic E-state index is -0.319. The maximum atomic E-state index is 10.6. The number of amides is 1. The number of likely N-dealkylation sites (N-methyl/N-ethyl adjacent to an activating group) is 1. The van der Waals surface area contributed by atoms with Gasteiger partial charge in [-0.1, -0.05) is 0 Å². The molecule has 52 valence electrons. The lowest BCUT2D eigenvalue weighted by Gasteiger charge is -1.98. The summed E-state index contributed by atoms with van der Waals surface area (Å²) >= 11 is 0. The highest BCUT2D eigenvalue weighted by Crippen LogP contribution is 1.76. The van der Waals surface area contributed by atoms with Crippen LogP contribution in [0.4, 0.5) is 0 Å². The minimum absolute atomic E-state index is 0.0526. The zero-order valence-electron chi connectivity index (χ0n) is 5.35. The second kappa shape index (κ2) is 3.77. The van der Waals surface area contributed by atoms with Gasteiger partial charge in [0, 0.05) is 12.7 Å². The van der Waals surface area contributed by atoms with E-state index in [2.05, 4.69) is 5.32 Å². The van der Waals surface area contributed by atoms with Crippen LogP contribution in [0.25, 0.3) is 0 Å². The smallest absolute Gasteiger partial charge is 0.268 e. The molecule has 0 radical (unpaired) electrons. The number of hydrogen-bond acceptors (Lipinski definition) is 3. The summed E-state index contributed by atoms with van der Waals surface area (Å²) in [5, 5.41) is 2.48. The van der Waals surface area contributed by atoms with Gasteiger partial charge in [0.2, 0.25) is 0 Å². The summed E-state index contributed by atoms with van der Waals surface area (Å²) in [5.74, 6) is -0.319. The number of hydrogen-bond donors (Lipinski definition) is 3. The van der Waals surface area contributed by atoms with Crippen LogP contribution in [0.2, 0.25) is 0 Å². The summed E-state index contributed by atoms with van der Waals surface area (Å²) < 4.78 is 0. The molecule has 0 aromatic carbocycles. The molecular weight excluding hydrogens is 118 g/mol. The molecule has 0 bridgehead atoms. The Hall–Kier alpha value is -1.19. The number of rotatable bonds is 2. The van der Waals surface area contributed by atoms with Gasteiger partial charge >= 0.3 is 0 Å². The van der Waals surface area contributed by atoms with E-state index in [1.54, 1.807) is 0 Å². The van der Waals surface area contributed by atoms with Crippen LogP contribution in [0.15, 0.2) is 11.9 Å². The lowest BCUT2D eigenvalue weighted by atomic mass is 10.4. The van der Waals surface area contributed by atoms with E-state index in [4.69, 9.17) is 11.5 Å². The molecule has 0 aliphatic rings. The van der Waals surface area contributed by atoms with Crippen LogP contribution < -0.4 is 16.8 Å². The Bertz CT molecular complexity index is 130. The minimum Gasteiger partial charge on any atom is -0.403 e. The van der Waals surface area contributed by atoms with E-state index >= 15 is 0 Å². The average molecular weight is 129 g/mol. The van der Waals surface area contributed by atoms with E-state index in [-0.39, 0.29) is 11.6 Å². The second-order valence-corrected chi connectivity index (χ2v) is 1.48. The summed E-state index contributed by atoms with van der Waals surface area (Å²) in [6.07, 6.45) is 1.07.